The molecule has 22 heavy (non-hydrogen) atoms. The van der Waals surface area contributed by atoms with Gasteiger partial charge in [-0.2, -0.15) is 0 Å². The lowest BCUT2D eigenvalue weighted by Gasteiger charge is -2.26. The van der Waals surface area contributed by atoms with E-state index in [1.165, 1.54) is 31.5 Å². The SMILES string of the molecule is O=C(N1CC[C@H](N2CCCC2)C1)C1(c2ccc(Br)cc2)CC1. The van der Waals surface area contributed by atoms with Crippen LogP contribution in [-0.4, -0.2) is 47.9 Å². The average molecular weight is 363 g/mol. The fourth-order valence-corrected chi connectivity index (χ4v) is 4.42. The lowest BCUT2D eigenvalue weighted by atomic mass is 9.94. The minimum atomic E-state index is -0.208. The molecule has 1 saturated carbocycles. The van der Waals surface area contributed by atoms with Crippen molar-refractivity contribution in [2.24, 2.45) is 0 Å². The summed E-state index contributed by atoms with van der Waals surface area (Å²) in [6.45, 7) is 4.34. The van der Waals surface area contributed by atoms with E-state index in [0.717, 1.165) is 36.8 Å². The van der Waals surface area contributed by atoms with Crippen LogP contribution in [0.25, 0.3) is 0 Å². The molecule has 3 nitrogen and oxygen atoms in total. The van der Waals surface area contributed by atoms with Crippen LogP contribution in [0.5, 0.6) is 0 Å². The van der Waals surface area contributed by atoms with Crippen molar-refractivity contribution in [2.45, 2.75) is 43.6 Å². The molecule has 4 rings (SSSR count). The number of halogens is 1. The maximum atomic E-state index is 13.1. The predicted octanol–water partition coefficient (Wildman–Crippen LogP) is 3.18. The molecule has 0 spiro atoms. The van der Waals surface area contributed by atoms with E-state index in [4.69, 9.17) is 0 Å². The van der Waals surface area contributed by atoms with E-state index in [2.05, 4.69) is 50.0 Å². The summed E-state index contributed by atoms with van der Waals surface area (Å²) in [5.74, 6) is 0.372. The number of hydrogen-bond donors (Lipinski definition) is 0. The van der Waals surface area contributed by atoms with Gasteiger partial charge in [-0.25, -0.2) is 0 Å². The van der Waals surface area contributed by atoms with Crippen LogP contribution in [0.4, 0.5) is 0 Å². The van der Waals surface area contributed by atoms with E-state index in [-0.39, 0.29) is 5.41 Å². The van der Waals surface area contributed by atoms with E-state index in [1.807, 2.05) is 0 Å². The lowest BCUT2D eigenvalue weighted by molar-refractivity contribution is -0.133. The third-order valence-electron chi connectivity index (χ3n) is 5.66. The highest BCUT2D eigenvalue weighted by atomic mass is 79.9. The van der Waals surface area contributed by atoms with Crippen LogP contribution in [0.1, 0.15) is 37.7 Å². The zero-order valence-corrected chi connectivity index (χ0v) is 14.5. The van der Waals surface area contributed by atoms with Crippen LogP contribution in [0, 0.1) is 0 Å². The van der Waals surface area contributed by atoms with Crippen molar-refractivity contribution in [3.05, 3.63) is 34.3 Å². The predicted molar refractivity (Wildman–Crippen MR) is 90.8 cm³/mol. The Morgan fingerprint density at radius 3 is 2.41 bits per heavy atom. The first-order chi connectivity index (χ1) is 10.7. The summed E-state index contributed by atoms with van der Waals surface area (Å²) >= 11 is 3.48. The number of nitrogens with zero attached hydrogens (tertiary/aromatic N) is 2. The third kappa shape index (κ3) is 2.50. The van der Waals surface area contributed by atoms with Gasteiger partial charge in [-0.15, -0.1) is 0 Å². The van der Waals surface area contributed by atoms with Crippen LogP contribution in [0.3, 0.4) is 0 Å². The van der Waals surface area contributed by atoms with Gasteiger partial charge in [-0.3, -0.25) is 9.69 Å². The van der Waals surface area contributed by atoms with Crippen LogP contribution < -0.4 is 0 Å². The molecule has 1 aromatic carbocycles. The molecule has 3 fully saturated rings. The molecule has 0 bridgehead atoms. The monoisotopic (exact) mass is 362 g/mol. The summed E-state index contributed by atoms with van der Waals surface area (Å²) < 4.78 is 1.08. The molecule has 4 heteroatoms. The largest absolute Gasteiger partial charge is 0.340 e. The molecule has 1 amide bonds. The van der Waals surface area contributed by atoms with E-state index >= 15 is 0 Å². The molecule has 0 N–H and O–H groups in total. The molecule has 1 aromatic rings. The maximum Gasteiger partial charge on any atom is 0.233 e. The van der Waals surface area contributed by atoms with E-state index in [0.29, 0.717) is 11.9 Å². The Kier molecular flexibility index (Phi) is 3.77. The Morgan fingerprint density at radius 1 is 1.09 bits per heavy atom. The Morgan fingerprint density at radius 2 is 1.77 bits per heavy atom. The lowest BCUT2D eigenvalue weighted by Crippen LogP contribution is -2.41. The molecule has 2 aliphatic heterocycles. The van der Waals surface area contributed by atoms with Gasteiger partial charge in [0.15, 0.2) is 0 Å². The topological polar surface area (TPSA) is 23.6 Å². The smallest absolute Gasteiger partial charge is 0.233 e. The fourth-order valence-electron chi connectivity index (χ4n) is 4.15. The normalized spacial score (nSPS) is 27.3. The van der Waals surface area contributed by atoms with Crippen molar-refractivity contribution >= 4 is 21.8 Å². The zero-order valence-electron chi connectivity index (χ0n) is 12.9. The number of amides is 1. The Hall–Kier alpha value is -0.870. The van der Waals surface area contributed by atoms with E-state index in [1.54, 1.807) is 0 Å². The molecule has 1 aliphatic carbocycles. The van der Waals surface area contributed by atoms with Crippen LogP contribution in [0.15, 0.2) is 28.7 Å². The number of hydrogen-bond acceptors (Lipinski definition) is 2. The molecular formula is C18H23BrN2O. The molecule has 0 aromatic heterocycles. The Labute approximate surface area is 140 Å². The molecule has 2 saturated heterocycles. The van der Waals surface area contributed by atoms with Gasteiger partial charge in [0, 0.05) is 23.6 Å². The molecule has 0 unspecified atom stereocenters. The van der Waals surface area contributed by atoms with Gasteiger partial charge in [-0.1, -0.05) is 28.1 Å². The number of rotatable bonds is 3. The minimum Gasteiger partial charge on any atom is -0.340 e. The second kappa shape index (κ2) is 5.64. The van der Waals surface area contributed by atoms with Gasteiger partial charge in [0.2, 0.25) is 5.91 Å². The van der Waals surface area contributed by atoms with Crippen molar-refractivity contribution in [1.82, 2.24) is 9.80 Å². The molecule has 2 heterocycles. The highest BCUT2D eigenvalue weighted by molar-refractivity contribution is 9.10. The van der Waals surface area contributed by atoms with E-state index < -0.39 is 0 Å². The van der Waals surface area contributed by atoms with Crippen molar-refractivity contribution < 1.29 is 4.79 Å². The van der Waals surface area contributed by atoms with E-state index in [9.17, 15) is 4.79 Å². The first kappa shape index (κ1) is 14.7. The summed E-state index contributed by atoms with van der Waals surface area (Å²) in [7, 11) is 0. The zero-order chi connectivity index (χ0) is 15.2. The van der Waals surface area contributed by atoms with Gasteiger partial charge in [-0.05, 0) is 62.9 Å². The molecule has 1 atom stereocenters. The molecule has 3 aliphatic rings. The third-order valence-corrected chi connectivity index (χ3v) is 6.19. The quantitative estimate of drug-likeness (QED) is 0.824. The van der Waals surface area contributed by atoms with Gasteiger partial charge in [0.05, 0.1) is 5.41 Å². The fraction of sp³-hybridized carbons (Fsp3) is 0.611. The van der Waals surface area contributed by atoms with Crippen LogP contribution in [-0.2, 0) is 10.2 Å². The van der Waals surface area contributed by atoms with Crippen LogP contribution >= 0.6 is 15.9 Å². The summed E-state index contributed by atoms with van der Waals surface area (Å²) in [5.41, 5.74) is 0.992. The van der Waals surface area contributed by atoms with Crippen molar-refractivity contribution in [3.8, 4) is 0 Å². The summed E-state index contributed by atoms with van der Waals surface area (Å²) in [6, 6.07) is 8.94. The summed E-state index contributed by atoms with van der Waals surface area (Å²) in [5, 5.41) is 0. The summed E-state index contributed by atoms with van der Waals surface area (Å²) in [6.07, 6.45) is 5.83. The van der Waals surface area contributed by atoms with Crippen molar-refractivity contribution in [1.29, 1.82) is 0 Å². The highest BCUT2D eigenvalue weighted by Crippen LogP contribution is 2.50. The Bertz CT molecular complexity index is 561. The second-order valence-electron chi connectivity index (χ2n) is 7.03. The number of carbonyl (C=O) groups excluding carboxylic acids is 1. The standard InChI is InChI=1S/C18H23BrN2O/c19-15-5-3-14(4-6-15)18(8-9-18)17(22)21-12-7-16(13-21)20-10-1-2-11-20/h3-6,16H,1-2,7-13H2/t16-/m0/s1. The first-order valence-corrected chi connectivity index (χ1v) is 9.28. The van der Waals surface area contributed by atoms with Gasteiger partial charge >= 0.3 is 0 Å². The highest BCUT2D eigenvalue weighted by Gasteiger charge is 2.53. The van der Waals surface area contributed by atoms with Gasteiger partial charge in [0.25, 0.3) is 0 Å². The molecule has 118 valence electrons. The number of carbonyl (C=O) groups is 1. The van der Waals surface area contributed by atoms with Gasteiger partial charge in [0.1, 0.15) is 0 Å². The summed E-state index contributed by atoms with van der Waals surface area (Å²) in [4.78, 5) is 17.8. The second-order valence-corrected chi connectivity index (χ2v) is 7.94. The average Bonchev–Trinajstić information content (AvgIpc) is 2.97. The number of likely N-dealkylation sites (tertiary alicyclic amines) is 2. The van der Waals surface area contributed by atoms with Crippen molar-refractivity contribution in [3.63, 3.8) is 0 Å². The Balaban J connectivity index is 1.46. The molecular weight excluding hydrogens is 340 g/mol. The van der Waals surface area contributed by atoms with Crippen molar-refractivity contribution in [2.75, 3.05) is 26.2 Å². The number of benzene rings is 1. The first-order valence-electron chi connectivity index (χ1n) is 8.48. The molecule has 0 radical (unpaired) electrons. The van der Waals surface area contributed by atoms with Crippen LogP contribution in [0.2, 0.25) is 0 Å². The van der Waals surface area contributed by atoms with Gasteiger partial charge < -0.3 is 4.90 Å². The minimum absolute atomic E-state index is 0.208. The maximum absolute atomic E-state index is 13.1.